The highest BCUT2D eigenvalue weighted by molar-refractivity contribution is 6.10. The molecule has 0 spiro atoms. The molecule has 0 aliphatic rings. The van der Waals surface area contributed by atoms with Gasteiger partial charge in [-0.05, 0) is 37.6 Å². The van der Waals surface area contributed by atoms with Crippen LogP contribution >= 0.6 is 0 Å². The minimum atomic E-state index is -0.385. The zero-order valence-electron chi connectivity index (χ0n) is 15.5. The Kier molecular flexibility index (Phi) is 6.60. The van der Waals surface area contributed by atoms with Crippen LogP contribution in [0.25, 0.3) is 0 Å². The first-order valence-corrected chi connectivity index (χ1v) is 8.44. The largest absolute Gasteiger partial charge is 0.493 e. The third-order valence-electron chi connectivity index (χ3n) is 4.06. The Morgan fingerprint density at radius 3 is 2.31 bits per heavy atom. The lowest BCUT2D eigenvalue weighted by atomic mass is 10.1. The van der Waals surface area contributed by atoms with Crippen LogP contribution in [-0.4, -0.2) is 32.1 Å². The maximum atomic E-state index is 12.7. The van der Waals surface area contributed by atoms with Crippen molar-refractivity contribution in [3.05, 3.63) is 53.6 Å². The molecule has 6 nitrogen and oxygen atoms in total. The minimum Gasteiger partial charge on any atom is -0.493 e. The van der Waals surface area contributed by atoms with Gasteiger partial charge in [-0.2, -0.15) is 0 Å². The molecule has 0 saturated heterocycles. The number of hydrogen-bond donors (Lipinski definition) is 2. The molecule has 0 radical (unpaired) electrons. The highest BCUT2D eigenvalue weighted by Crippen LogP contribution is 2.31. The molecule has 0 heterocycles. The van der Waals surface area contributed by atoms with Gasteiger partial charge in [-0.15, -0.1) is 0 Å². The number of anilines is 1. The number of nitrogens with one attached hydrogen (secondary N) is 2. The van der Waals surface area contributed by atoms with Gasteiger partial charge in [0.25, 0.3) is 11.8 Å². The zero-order chi connectivity index (χ0) is 19.1. The fourth-order valence-electron chi connectivity index (χ4n) is 2.45. The van der Waals surface area contributed by atoms with Crippen molar-refractivity contribution in [2.75, 3.05) is 19.5 Å². The summed E-state index contributed by atoms with van der Waals surface area (Å²) >= 11 is 0. The molecule has 2 aromatic carbocycles. The van der Waals surface area contributed by atoms with Crippen LogP contribution in [0.3, 0.4) is 0 Å². The summed E-state index contributed by atoms with van der Waals surface area (Å²) in [5.41, 5.74) is 1.16. The smallest absolute Gasteiger partial charge is 0.259 e. The van der Waals surface area contributed by atoms with E-state index in [1.54, 1.807) is 42.5 Å². The lowest BCUT2D eigenvalue weighted by Gasteiger charge is -2.16. The molecular weight excluding hydrogens is 332 g/mol. The third-order valence-corrected chi connectivity index (χ3v) is 4.06. The van der Waals surface area contributed by atoms with E-state index in [1.165, 1.54) is 14.2 Å². The lowest BCUT2D eigenvalue weighted by Crippen LogP contribution is -2.32. The Morgan fingerprint density at radius 1 is 0.962 bits per heavy atom. The molecule has 0 bridgehead atoms. The summed E-state index contributed by atoms with van der Waals surface area (Å²) in [4.78, 5) is 25.2. The van der Waals surface area contributed by atoms with E-state index in [1.807, 2.05) is 13.8 Å². The average molecular weight is 356 g/mol. The van der Waals surface area contributed by atoms with Gasteiger partial charge >= 0.3 is 0 Å². The molecule has 138 valence electrons. The van der Waals surface area contributed by atoms with Crippen molar-refractivity contribution >= 4 is 17.5 Å². The number of carbonyl (C=O) groups excluding carboxylic acids is 2. The molecule has 0 aliphatic heterocycles. The van der Waals surface area contributed by atoms with Crippen LogP contribution in [0.15, 0.2) is 42.5 Å². The predicted molar refractivity (Wildman–Crippen MR) is 101 cm³/mol. The minimum absolute atomic E-state index is 0.0461. The maximum Gasteiger partial charge on any atom is 0.259 e. The molecule has 0 aromatic heterocycles. The molecule has 6 heteroatoms. The van der Waals surface area contributed by atoms with Crippen LogP contribution < -0.4 is 20.1 Å². The predicted octanol–water partition coefficient (Wildman–Crippen LogP) is 3.48. The van der Waals surface area contributed by atoms with Crippen molar-refractivity contribution in [1.82, 2.24) is 5.32 Å². The molecular formula is C20H24N2O4. The van der Waals surface area contributed by atoms with Gasteiger partial charge in [0.05, 0.1) is 31.0 Å². The van der Waals surface area contributed by atoms with E-state index in [4.69, 9.17) is 9.47 Å². The fraction of sp³-hybridized carbons (Fsp3) is 0.300. The second-order valence-electron chi connectivity index (χ2n) is 5.82. The Balaban J connectivity index is 2.30. The monoisotopic (exact) mass is 356 g/mol. The van der Waals surface area contributed by atoms with E-state index in [2.05, 4.69) is 10.6 Å². The van der Waals surface area contributed by atoms with Crippen LogP contribution in [0.5, 0.6) is 11.5 Å². The van der Waals surface area contributed by atoms with Gasteiger partial charge in [-0.25, -0.2) is 0 Å². The van der Waals surface area contributed by atoms with Crippen LogP contribution in [0.1, 0.15) is 41.0 Å². The van der Waals surface area contributed by atoms with Crippen molar-refractivity contribution in [1.29, 1.82) is 0 Å². The zero-order valence-corrected chi connectivity index (χ0v) is 15.5. The van der Waals surface area contributed by atoms with Gasteiger partial charge in [0.1, 0.15) is 0 Å². The van der Waals surface area contributed by atoms with Gasteiger partial charge in [0, 0.05) is 6.04 Å². The van der Waals surface area contributed by atoms with Crippen molar-refractivity contribution in [2.45, 2.75) is 26.3 Å². The van der Waals surface area contributed by atoms with E-state index in [0.29, 0.717) is 28.3 Å². The molecule has 2 aromatic rings. The summed E-state index contributed by atoms with van der Waals surface area (Å²) in [5.74, 6) is 0.189. The third kappa shape index (κ3) is 4.33. The highest BCUT2D eigenvalue weighted by atomic mass is 16.5. The van der Waals surface area contributed by atoms with Crippen LogP contribution in [0.2, 0.25) is 0 Å². The number of benzene rings is 2. The SMILES string of the molecule is CCC(C)NC(=O)c1ccccc1NC(=O)c1cccc(OC)c1OC. The maximum absolute atomic E-state index is 12.7. The summed E-state index contributed by atoms with van der Waals surface area (Å²) in [6.07, 6.45) is 0.821. The quantitative estimate of drug-likeness (QED) is 0.796. The summed E-state index contributed by atoms with van der Waals surface area (Å²) in [6, 6.07) is 12.0. The molecule has 2 amide bonds. The Morgan fingerprint density at radius 2 is 1.65 bits per heavy atom. The van der Waals surface area contributed by atoms with Crippen molar-refractivity contribution in [2.24, 2.45) is 0 Å². The fourth-order valence-corrected chi connectivity index (χ4v) is 2.45. The molecule has 2 N–H and O–H groups in total. The Hall–Kier alpha value is -3.02. The molecule has 2 rings (SSSR count). The van der Waals surface area contributed by atoms with Crippen LogP contribution in [0.4, 0.5) is 5.69 Å². The Bertz CT molecular complexity index is 789. The number of rotatable bonds is 7. The number of para-hydroxylation sites is 2. The number of hydrogen-bond acceptors (Lipinski definition) is 4. The second kappa shape index (κ2) is 8.89. The van der Waals surface area contributed by atoms with E-state index < -0.39 is 0 Å². The summed E-state index contributed by atoms with van der Waals surface area (Å²) in [7, 11) is 2.98. The first-order valence-electron chi connectivity index (χ1n) is 8.44. The molecule has 0 aliphatic carbocycles. The summed E-state index contributed by atoms with van der Waals surface area (Å²) in [6.45, 7) is 3.92. The van der Waals surface area contributed by atoms with Crippen molar-refractivity contribution in [3.63, 3.8) is 0 Å². The molecule has 1 atom stereocenters. The Labute approximate surface area is 153 Å². The highest BCUT2D eigenvalue weighted by Gasteiger charge is 2.19. The first-order chi connectivity index (χ1) is 12.5. The van der Waals surface area contributed by atoms with Gasteiger partial charge < -0.3 is 20.1 Å². The normalized spacial score (nSPS) is 11.4. The van der Waals surface area contributed by atoms with Crippen molar-refractivity contribution in [3.8, 4) is 11.5 Å². The average Bonchev–Trinajstić information content (AvgIpc) is 2.67. The van der Waals surface area contributed by atoms with Gasteiger partial charge in [-0.3, -0.25) is 9.59 Å². The second-order valence-corrected chi connectivity index (χ2v) is 5.82. The van der Waals surface area contributed by atoms with Crippen LogP contribution in [0, 0.1) is 0 Å². The number of ether oxygens (including phenoxy) is 2. The lowest BCUT2D eigenvalue weighted by molar-refractivity contribution is 0.0940. The van der Waals surface area contributed by atoms with Gasteiger partial charge in [0.15, 0.2) is 11.5 Å². The molecule has 0 fully saturated rings. The van der Waals surface area contributed by atoms with Crippen molar-refractivity contribution < 1.29 is 19.1 Å². The number of methoxy groups -OCH3 is 2. The standard InChI is InChI=1S/C20H24N2O4/c1-5-13(2)21-19(23)14-9-6-7-11-16(14)22-20(24)15-10-8-12-17(25-3)18(15)26-4/h6-13H,5H2,1-4H3,(H,21,23)(H,22,24). The summed E-state index contributed by atoms with van der Waals surface area (Å²) in [5, 5.41) is 5.69. The first kappa shape index (κ1) is 19.3. The molecule has 1 unspecified atom stereocenters. The van der Waals surface area contributed by atoms with E-state index in [9.17, 15) is 9.59 Å². The number of amides is 2. The molecule has 26 heavy (non-hydrogen) atoms. The summed E-state index contributed by atoms with van der Waals surface area (Å²) < 4.78 is 10.5. The topological polar surface area (TPSA) is 76.7 Å². The van der Waals surface area contributed by atoms with E-state index >= 15 is 0 Å². The van der Waals surface area contributed by atoms with E-state index in [0.717, 1.165) is 6.42 Å². The number of carbonyl (C=O) groups is 2. The molecule has 0 saturated carbocycles. The van der Waals surface area contributed by atoms with Gasteiger partial charge in [-0.1, -0.05) is 25.1 Å². The van der Waals surface area contributed by atoms with E-state index in [-0.39, 0.29) is 17.9 Å². The van der Waals surface area contributed by atoms with Gasteiger partial charge in [0.2, 0.25) is 0 Å². The van der Waals surface area contributed by atoms with Crippen LogP contribution in [-0.2, 0) is 0 Å².